The largest absolute Gasteiger partial charge is 0.446 e. The zero-order valence-corrected chi connectivity index (χ0v) is 13.6. The van der Waals surface area contributed by atoms with Crippen molar-refractivity contribution in [1.29, 1.82) is 0 Å². The normalized spacial score (nSPS) is 18.4. The van der Waals surface area contributed by atoms with E-state index in [-0.39, 0.29) is 17.8 Å². The second-order valence-corrected chi connectivity index (χ2v) is 6.64. The molecular weight excluding hydrogens is 309 g/mol. The lowest BCUT2D eigenvalue weighted by atomic mass is 9.98. The Labute approximate surface area is 134 Å². The van der Waals surface area contributed by atoms with Gasteiger partial charge in [0.25, 0.3) is 0 Å². The van der Waals surface area contributed by atoms with Crippen molar-refractivity contribution in [2.75, 3.05) is 26.2 Å². The fourth-order valence-electron chi connectivity index (χ4n) is 2.90. The van der Waals surface area contributed by atoms with Gasteiger partial charge in [-0.3, -0.25) is 4.90 Å². The van der Waals surface area contributed by atoms with Crippen molar-refractivity contribution < 1.29 is 13.2 Å². The van der Waals surface area contributed by atoms with Crippen molar-refractivity contribution in [3.8, 4) is 0 Å². The molecule has 124 valence electrons. The second-order valence-electron chi connectivity index (χ2n) is 5.53. The molecule has 1 aliphatic rings. The number of hydrogen-bond acceptors (Lipinski definition) is 3. The Hall–Kier alpha value is -0.720. The van der Waals surface area contributed by atoms with Crippen molar-refractivity contribution in [3.63, 3.8) is 0 Å². The quantitative estimate of drug-likeness (QED) is 0.776. The van der Waals surface area contributed by atoms with E-state index < -0.39 is 5.51 Å². The van der Waals surface area contributed by atoms with Gasteiger partial charge in [-0.1, -0.05) is 38.0 Å². The van der Waals surface area contributed by atoms with Crippen LogP contribution in [-0.4, -0.2) is 36.6 Å². The summed E-state index contributed by atoms with van der Waals surface area (Å²) < 4.78 is 38.5. The Kier molecular flexibility index (Phi) is 6.59. The SMILES string of the molecule is CCCC[C@@H](c1ccccc1SC(F)(F)F)N1CCNCC1. The van der Waals surface area contributed by atoms with Crippen LogP contribution in [0.2, 0.25) is 0 Å². The van der Waals surface area contributed by atoms with Gasteiger partial charge in [-0.15, -0.1) is 0 Å². The van der Waals surface area contributed by atoms with E-state index in [2.05, 4.69) is 17.1 Å². The topological polar surface area (TPSA) is 15.3 Å². The first-order chi connectivity index (χ1) is 10.5. The van der Waals surface area contributed by atoms with Crippen LogP contribution in [0.5, 0.6) is 0 Å². The molecule has 2 nitrogen and oxygen atoms in total. The van der Waals surface area contributed by atoms with E-state index in [0.717, 1.165) is 51.0 Å². The van der Waals surface area contributed by atoms with Crippen LogP contribution >= 0.6 is 11.8 Å². The average Bonchev–Trinajstić information content (AvgIpc) is 2.49. The van der Waals surface area contributed by atoms with E-state index in [1.165, 1.54) is 0 Å². The predicted octanol–water partition coefficient (Wildman–Crippen LogP) is 4.44. The highest BCUT2D eigenvalue weighted by Crippen LogP contribution is 2.42. The molecule has 1 aromatic carbocycles. The molecule has 0 amide bonds. The number of piperazine rings is 1. The number of alkyl halides is 3. The van der Waals surface area contributed by atoms with Crippen LogP contribution in [0.25, 0.3) is 0 Å². The number of nitrogens with zero attached hydrogens (tertiary/aromatic N) is 1. The van der Waals surface area contributed by atoms with E-state index in [1.54, 1.807) is 12.1 Å². The zero-order valence-electron chi connectivity index (χ0n) is 12.8. The van der Waals surface area contributed by atoms with Gasteiger partial charge in [-0.05, 0) is 29.8 Å². The van der Waals surface area contributed by atoms with E-state index in [4.69, 9.17) is 0 Å². The fourth-order valence-corrected chi connectivity index (χ4v) is 3.62. The summed E-state index contributed by atoms with van der Waals surface area (Å²) in [6, 6.07) is 7.06. The molecule has 0 saturated carbocycles. The van der Waals surface area contributed by atoms with E-state index in [0.29, 0.717) is 4.90 Å². The Morgan fingerprint density at radius 3 is 2.55 bits per heavy atom. The summed E-state index contributed by atoms with van der Waals surface area (Å²) in [6.45, 7) is 5.69. The first-order valence-electron chi connectivity index (χ1n) is 7.80. The molecular formula is C16H23F3N2S. The van der Waals surface area contributed by atoms with Crippen molar-refractivity contribution in [3.05, 3.63) is 29.8 Å². The van der Waals surface area contributed by atoms with Crippen molar-refractivity contribution in [1.82, 2.24) is 10.2 Å². The summed E-state index contributed by atoms with van der Waals surface area (Å²) in [5.41, 5.74) is -3.42. The molecule has 0 aromatic heterocycles. The highest BCUT2D eigenvalue weighted by Gasteiger charge is 2.32. The van der Waals surface area contributed by atoms with Crippen molar-refractivity contribution in [2.24, 2.45) is 0 Å². The zero-order chi connectivity index (χ0) is 16.0. The number of benzene rings is 1. The summed E-state index contributed by atoms with van der Waals surface area (Å²) in [4.78, 5) is 2.66. The van der Waals surface area contributed by atoms with Gasteiger partial charge >= 0.3 is 5.51 Å². The average molecular weight is 332 g/mol. The Balaban J connectivity index is 2.25. The third kappa shape index (κ3) is 5.18. The molecule has 22 heavy (non-hydrogen) atoms. The molecule has 1 atom stereocenters. The van der Waals surface area contributed by atoms with Gasteiger partial charge in [-0.2, -0.15) is 13.2 Å². The molecule has 0 bridgehead atoms. The molecule has 1 aromatic rings. The van der Waals surface area contributed by atoms with Crippen LogP contribution in [0, 0.1) is 0 Å². The van der Waals surface area contributed by atoms with Crippen LogP contribution in [0.4, 0.5) is 13.2 Å². The van der Waals surface area contributed by atoms with Crippen molar-refractivity contribution in [2.45, 2.75) is 42.6 Å². The Bertz CT molecular complexity index is 459. The number of hydrogen-bond donors (Lipinski definition) is 1. The molecule has 0 spiro atoms. The maximum atomic E-state index is 12.8. The number of rotatable bonds is 6. The lowest BCUT2D eigenvalue weighted by Gasteiger charge is -2.36. The van der Waals surface area contributed by atoms with Gasteiger partial charge in [0.05, 0.1) is 0 Å². The molecule has 1 aliphatic heterocycles. The van der Waals surface area contributed by atoms with Gasteiger partial charge in [0.2, 0.25) is 0 Å². The second kappa shape index (κ2) is 8.22. The molecule has 0 radical (unpaired) electrons. The predicted molar refractivity (Wildman–Crippen MR) is 85.1 cm³/mol. The fraction of sp³-hybridized carbons (Fsp3) is 0.625. The summed E-state index contributed by atoms with van der Waals surface area (Å²) in [5.74, 6) is 0. The minimum atomic E-state index is -4.24. The molecule has 6 heteroatoms. The van der Waals surface area contributed by atoms with Crippen LogP contribution in [0.15, 0.2) is 29.2 Å². The highest BCUT2D eigenvalue weighted by molar-refractivity contribution is 8.00. The summed E-state index contributed by atoms with van der Waals surface area (Å²) in [5, 5.41) is 3.30. The molecule has 0 unspecified atom stereocenters. The lowest BCUT2D eigenvalue weighted by molar-refractivity contribution is -0.0328. The molecule has 1 heterocycles. The molecule has 1 saturated heterocycles. The highest BCUT2D eigenvalue weighted by atomic mass is 32.2. The van der Waals surface area contributed by atoms with Crippen LogP contribution in [0.3, 0.4) is 0 Å². The lowest BCUT2D eigenvalue weighted by Crippen LogP contribution is -2.45. The molecule has 1 N–H and O–H groups in total. The number of halogens is 3. The third-order valence-corrected chi connectivity index (χ3v) is 4.75. The number of nitrogens with one attached hydrogen (secondary N) is 1. The summed E-state index contributed by atoms with van der Waals surface area (Å²) in [7, 11) is 0. The maximum Gasteiger partial charge on any atom is 0.446 e. The monoisotopic (exact) mass is 332 g/mol. The Morgan fingerprint density at radius 2 is 1.91 bits per heavy atom. The minimum Gasteiger partial charge on any atom is -0.314 e. The van der Waals surface area contributed by atoms with Gasteiger partial charge in [-0.25, -0.2) is 0 Å². The van der Waals surface area contributed by atoms with E-state index in [1.807, 2.05) is 12.1 Å². The molecule has 1 fully saturated rings. The van der Waals surface area contributed by atoms with Crippen LogP contribution in [-0.2, 0) is 0 Å². The smallest absolute Gasteiger partial charge is 0.314 e. The van der Waals surface area contributed by atoms with E-state index >= 15 is 0 Å². The van der Waals surface area contributed by atoms with Gasteiger partial charge in [0, 0.05) is 37.1 Å². The number of thioether (sulfide) groups is 1. The van der Waals surface area contributed by atoms with Gasteiger partial charge in [0.15, 0.2) is 0 Å². The first kappa shape index (κ1) is 17.6. The van der Waals surface area contributed by atoms with Crippen LogP contribution < -0.4 is 5.32 Å². The van der Waals surface area contributed by atoms with Crippen LogP contribution in [0.1, 0.15) is 37.8 Å². The maximum absolute atomic E-state index is 12.8. The first-order valence-corrected chi connectivity index (χ1v) is 8.62. The summed E-state index contributed by atoms with van der Waals surface area (Å²) in [6.07, 6.45) is 2.99. The summed E-state index contributed by atoms with van der Waals surface area (Å²) >= 11 is 0.0109. The van der Waals surface area contributed by atoms with Gasteiger partial charge < -0.3 is 5.32 Å². The standard InChI is InChI=1S/C16H23F3N2S/c1-2-3-7-14(21-11-9-20-10-12-21)13-6-4-5-8-15(13)22-16(17,18)19/h4-6,8,14,20H,2-3,7,9-12H2,1H3/t14-/m0/s1. The third-order valence-electron chi connectivity index (χ3n) is 3.93. The van der Waals surface area contributed by atoms with Gasteiger partial charge in [0.1, 0.15) is 0 Å². The minimum absolute atomic E-state index is 0.0109. The molecule has 2 rings (SSSR count). The molecule has 0 aliphatic carbocycles. The van der Waals surface area contributed by atoms with Crippen molar-refractivity contribution >= 4 is 11.8 Å². The Morgan fingerprint density at radius 1 is 1.23 bits per heavy atom. The number of unbranched alkanes of at least 4 members (excludes halogenated alkanes) is 1. The van der Waals surface area contributed by atoms with E-state index in [9.17, 15) is 13.2 Å².